The monoisotopic (exact) mass is 268 g/mol. The zero-order chi connectivity index (χ0) is 13.0. The summed E-state index contributed by atoms with van der Waals surface area (Å²) in [5.74, 6) is 0.501. The highest BCUT2D eigenvalue weighted by atomic mass is 32.1. The number of aromatic nitrogens is 1. The standard InChI is InChI=1S/C12H20N4OS/c1-10(9-13)8-11(17)15-3-5-16(6-4-15)12-14-2-7-18-12/h2,7,10H,3-6,8-9,13H2,1H3. The fourth-order valence-corrected chi connectivity index (χ4v) is 2.73. The van der Waals surface area contributed by atoms with Crippen LogP contribution in [0, 0.1) is 5.92 Å². The highest BCUT2D eigenvalue weighted by Gasteiger charge is 2.22. The molecule has 5 nitrogen and oxygen atoms in total. The normalized spacial score (nSPS) is 17.9. The molecule has 0 saturated carbocycles. The number of hydrogen-bond acceptors (Lipinski definition) is 5. The fourth-order valence-electron chi connectivity index (χ4n) is 2.03. The van der Waals surface area contributed by atoms with Crippen molar-refractivity contribution in [2.75, 3.05) is 37.6 Å². The van der Waals surface area contributed by atoms with Crippen molar-refractivity contribution in [3.05, 3.63) is 11.6 Å². The third-order valence-corrected chi connectivity index (χ3v) is 4.08. The Morgan fingerprint density at radius 3 is 2.78 bits per heavy atom. The van der Waals surface area contributed by atoms with Crippen molar-refractivity contribution in [2.24, 2.45) is 11.7 Å². The van der Waals surface area contributed by atoms with Gasteiger partial charge in [0.1, 0.15) is 0 Å². The van der Waals surface area contributed by atoms with Crippen LogP contribution in [0.1, 0.15) is 13.3 Å². The van der Waals surface area contributed by atoms with E-state index < -0.39 is 0 Å². The number of rotatable bonds is 4. The summed E-state index contributed by atoms with van der Waals surface area (Å²) in [6.07, 6.45) is 2.38. The molecule has 0 radical (unpaired) electrons. The van der Waals surface area contributed by atoms with Crippen molar-refractivity contribution in [1.29, 1.82) is 0 Å². The lowest BCUT2D eigenvalue weighted by atomic mass is 10.1. The first-order valence-corrected chi connectivity index (χ1v) is 7.21. The molecule has 1 amide bonds. The van der Waals surface area contributed by atoms with Crippen LogP contribution < -0.4 is 10.6 Å². The molecule has 0 aliphatic carbocycles. The summed E-state index contributed by atoms with van der Waals surface area (Å²) in [4.78, 5) is 20.5. The van der Waals surface area contributed by atoms with E-state index in [1.807, 2.05) is 23.4 Å². The Labute approximate surface area is 112 Å². The highest BCUT2D eigenvalue weighted by molar-refractivity contribution is 7.13. The van der Waals surface area contributed by atoms with Crippen molar-refractivity contribution in [1.82, 2.24) is 9.88 Å². The topological polar surface area (TPSA) is 62.5 Å². The fraction of sp³-hybridized carbons (Fsp3) is 0.667. The van der Waals surface area contributed by atoms with E-state index in [0.717, 1.165) is 31.3 Å². The molecule has 0 bridgehead atoms. The van der Waals surface area contributed by atoms with Gasteiger partial charge < -0.3 is 15.5 Å². The van der Waals surface area contributed by atoms with E-state index in [4.69, 9.17) is 5.73 Å². The number of nitrogens with two attached hydrogens (primary N) is 1. The SMILES string of the molecule is CC(CN)CC(=O)N1CCN(c2nccs2)CC1. The number of anilines is 1. The lowest BCUT2D eigenvalue weighted by molar-refractivity contribution is -0.132. The molecule has 0 spiro atoms. The van der Waals surface area contributed by atoms with E-state index in [1.165, 1.54) is 0 Å². The number of carbonyl (C=O) groups excluding carboxylic acids is 1. The van der Waals surface area contributed by atoms with Crippen molar-refractivity contribution in [3.8, 4) is 0 Å². The van der Waals surface area contributed by atoms with Gasteiger partial charge in [-0.3, -0.25) is 4.79 Å². The van der Waals surface area contributed by atoms with Gasteiger partial charge in [0.25, 0.3) is 0 Å². The van der Waals surface area contributed by atoms with Gasteiger partial charge >= 0.3 is 0 Å². The van der Waals surface area contributed by atoms with Gasteiger partial charge in [-0.25, -0.2) is 4.98 Å². The molecule has 1 aliphatic heterocycles. The van der Waals surface area contributed by atoms with Crippen molar-refractivity contribution in [3.63, 3.8) is 0 Å². The predicted molar refractivity (Wildman–Crippen MR) is 73.7 cm³/mol. The Bertz CT molecular complexity index is 373. The van der Waals surface area contributed by atoms with Gasteiger partial charge in [-0.15, -0.1) is 11.3 Å². The number of carbonyl (C=O) groups is 1. The molecule has 2 N–H and O–H groups in total. The average molecular weight is 268 g/mol. The maximum Gasteiger partial charge on any atom is 0.223 e. The number of hydrogen-bond donors (Lipinski definition) is 1. The molecule has 100 valence electrons. The van der Waals surface area contributed by atoms with E-state index >= 15 is 0 Å². The quantitative estimate of drug-likeness (QED) is 0.876. The van der Waals surface area contributed by atoms with Gasteiger partial charge in [0.2, 0.25) is 5.91 Å². The van der Waals surface area contributed by atoms with Crippen molar-refractivity contribution in [2.45, 2.75) is 13.3 Å². The molecular formula is C12H20N4OS. The summed E-state index contributed by atoms with van der Waals surface area (Å²) in [6.45, 7) is 5.91. The maximum atomic E-state index is 12.0. The Kier molecular flexibility index (Phi) is 4.54. The molecule has 1 aliphatic rings. The van der Waals surface area contributed by atoms with Gasteiger partial charge in [-0.1, -0.05) is 6.92 Å². The van der Waals surface area contributed by atoms with Gasteiger partial charge in [-0.2, -0.15) is 0 Å². The van der Waals surface area contributed by atoms with Crippen LogP contribution in [0.4, 0.5) is 5.13 Å². The van der Waals surface area contributed by atoms with Crippen LogP contribution in [0.15, 0.2) is 11.6 Å². The Morgan fingerprint density at radius 2 is 2.22 bits per heavy atom. The molecule has 1 fully saturated rings. The average Bonchev–Trinajstić information content (AvgIpc) is 2.92. The molecule has 1 atom stereocenters. The number of thiazole rings is 1. The highest BCUT2D eigenvalue weighted by Crippen LogP contribution is 2.19. The largest absolute Gasteiger partial charge is 0.345 e. The lowest BCUT2D eigenvalue weighted by Gasteiger charge is -2.35. The second-order valence-electron chi connectivity index (χ2n) is 4.73. The molecule has 18 heavy (non-hydrogen) atoms. The van der Waals surface area contributed by atoms with E-state index in [-0.39, 0.29) is 11.8 Å². The van der Waals surface area contributed by atoms with Crippen LogP contribution in [-0.2, 0) is 4.79 Å². The number of piperazine rings is 1. The first-order chi connectivity index (χ1) is 8.70. The van der Waals surface area contributed by atoms with Gasteiger partial charge in [-0.05, 0) is 12.5 Å². The second-order valence-corrected chi connectivity index (χ2v) is 5.60. The number of amides is 1. The zero-order valence-electron chi connectivity index (χ0n) is 10.7. The van der Waals surface area contributed by atoms with Crippen LogP contribution in [0.25, 0.3) is 0 Å². The van der Waals surface area contributed by atoms with Crippen LogP contribution in [0.3, 0.4) is 0 Å². The van der Waals surface area contributed by atoms with Crippen molar-refractivity contribution < 1.29 is 4.79 Å². The minimum atomic E-state index is 0.228. The predicted octanol–water partition coefficient (Wildman–Crippen LogP) is 0.777. The van der Waals surface area contributed by atoms with Crippen molar-refractivity contribution >= 4 is 22.4 Å². The van der Waals surface area contributed by atoms with Gasteiger partial charge in [0.05, 0.1) is 0 Å². The molecule has 2 rings (SSSR count). The van der Waals surface area contributed by atoms with Gasteiger partial charge in [0, 0.05) is 44.2 Å². The second kappa shape index (κ2) is 6.15. The minimum absolute atomic E-state index is 0.228. The van der Waals surface area contributed by atoms with Gasteiger partial charge in [0.15, 0.2) is 5.13 Å². The first-order valence-electron chi connectivity index (χ1n) is 6.33. The van der Waals surface area contributed by atoms with E-state index in [9.17, 15) is 4.79 Å². The third-order valence-electron chi connectivity index (χ3n) is 3.25. The molecular weight excluding hydrogens is 248 g/mol. The van der Waals surface area contributed by atoms with Crippen LogP contribution in [-0.4, -0.2) is 48.5 Å². The van der Waals surface area contributed by atoms with E-state index in [2.05, 4.69) is 9.88 Å². The molecule has 2 heterocycles. The molecule has 6 heteroatoms. The summed E-state index contributed by atoms with van der Waals surface area (Å²) in [6, 6.07) is 0. The Balaban J connectivity index is 1.81. The maximum absolute atomic E-state index is 12.0. The summed E-state index contributed by atoms with van der Waals surface area (Å²) < 4.78 is 0. The lowest BCUT2D eigenvalue weighted by Crippen LogP contribution is -2.49. The summed E-state index contributed by atoms with van der Waals surface area (Å²) >= 11 is 1.65. The van der Waals surface area contributed by atoms with Crippen LogP contribution in [0.5, 0.6) is 0 Å². The summed E-state index contributed by atoms with van der Waals surface area (Å²) in [5.41, 5.74) is 5.55. The molecule has 1 unspecified atom stereocenters. The van der Waals surface area contributed by atoms with Crippen LogP contribution in [0.2, 0.25) is 0 Å². The molecule has 1 aromatic heterocycles. The van der Waals surface area contributed by atoms with E-state index in [0.29, 0.717) is 13.0 Å². The summed E-state index contributed by atoms with van der Waals surface area (Å²) in [5, 5.41) is 3.04. The number of nitrogens with zero attached hydrogens (tertiary/aromatic N) is 3. The smallest absolute Gasteiger partial charge is 0.223 e. The first kappa shape index (κ1) is 13.3. The van der Waals surface area contributed by atoms with Crippen LogP contribution >= 0.6 is 11.3 Å². The molecule has 0 aromatic carbocycles. The third kappa shape index (κ3) is 3.20. The zero-order valence-corrected chi connectivity index (χ0v) is 11.5. The Hall–Kier alpha value is -1.14. The minimum Gasteiger partial charge on any atom is -0.345 e. The van der Waals surface area contributed by atoms with E-state index in [1.54, 1.807) is 11.3 Å². The summed E-state index contributed by atoms with van der Waals surface area (Å²) in [7, 11) is 0. The molecule has 1 saturated heterocycles. The molecule has 1 aromatic rings. The Morgan fingerprint density at radius 1 is 1.50 bits per heavy atom.